The van der Waals surface area contributed by atoms with E-state index in [4.69, 9.17) is 0 Å². The smallest absolute Gasteiger partial charge is 0.308 e. The van der Waals surface area contributed by atoms with E-state index in [9.17, 15) is 14.7 Å². The van der Waals surface area contributed by atoms with Gasteiger partial charge in [0.05, 0.1) is 10.8 Å². The molecule has 0 radical (unpaired) electrons. The molecule has 120 valence electrons. The lowest BCUT2D eigenvalue weighted by molar-refractivity contribution is -0.144. The fraction of sp³-hybridized carbons (Fsp3) is 0.647. The highest BCUT2D eigenvalue weighted by Gasteiger charge is 2.36. The summed E-state index contributed by atoms with van der Waals surface area (Å²) in [6.45, 7) is 4.79. The lowest BCUT2D eigenvalue weighted by Gasteiger charge is -2.37. The van der Waals surface area contributed by atoms with Crippen molar-refractivity contribution in [3.8, 4) is 0 Å². The second-order valence-electron chi connectivity index (χ2n) is 6.73. The van der Waals surface area contributed by atoms with Crippen molar-refractivity contribution in [1.29, 1.82) is 0 Å². The number of hydrogen-bond acceptors (Lipinski definition) is 3. The van der Waals surface area contributed by atoms with Crippen molar-refractivity contribution < 1.29 is 14.7 Å². The molecule has 0 bridgehead atoms. The van der Waals surface area contributed by atoms with E-state index in [2.05, 4.69) is 13.0 Å². The first-order valence-corrected chi connectivity index (χ1v) is 8.94. The summed E-state index contributed by atoms with van der Waals surface area (Å²) in [6, 6.07) is 1.83. The summed E-state index contributed by atoms with van der Waals surface area (Å²) >= 11 is 1.61. The van der Waals surface area contributed by atoms with Crippen molar-refractivity contribution in [3.05, 3.63) is 21.4 Å². The minimum absolute atomic E-state index is 0.0190. The summed E-state index contributed by atoms with van der Waals surface area (Å²) in [4.78, 5) is 28.1. The molecule has 1 unspecified atom stereocenters. The maximum atomic E-state index is 12.8. The van der Waals surface area contributed by atoms with Crippen LogP contribution in [0.15, 0.2) is 6.07 Å². The number of likely N-dealkylation sites (tertiary alicyclic amines) is 1. The average molecular weight is 321 g/mol. The summed E-state index contributed by atoms with van der Waals surface area (Å²) in [5.74, 6) is -0.516. The first-order chi connectivity index (χ1) is 10.5. The van der Waals surface area contributed by atoms with Crippen LogP contribution in [0.3, 0.4) is 0 Å². The predicted molar refractivity (Wildman–Crippen MR) is 86.4 cm³/mol. The summed E-state index contributed by atoms with van der Waals surface area (Å²) in [5.41, 5.74) is 1.33. The number of thiophene rings is 1. The van der Waals surface area contributed by atoms with Gasteiger partial charge >= 0.3 is 5.97 Å². The summed E-state index contributed by atoms with van der Waals surface area (Å²) in [5, 5.41) is 9.31. The zero-order valence-electron chi connectivity index (χ0n) is 13.2. The Morgan fingerprint density at radius 3 is 2.82 bits per heavy atom. The van der Waals surface area contributed by atoms with E-state index >= 15 is 0 Å². The monoisotopic (exact) mass is 321 g/mol. The minimum atomic E-state index is -0.788. The molecule has 1 aliphatic heterocycles. The summed E-state index contributed by atoms with van der Waals surface area (Å²) in [6.07, 6.45) is 4.77. The lowest BCUT2D eigenvalue weighted by atomic mass is 9.89. The molecule has 0 saturated carbocycles. The molecule has 0 spiro atoms. The van der Waals surface area contributed by atoms with Crippen LogP contribution in [-0.2, 0) is 17.6 Å². The second kappa shape index (κ2) is 6.03. The summed E-state index contributed by atoms with van der Waals surface area (Å²) in [7, 11) is 0. The van der Waals surface area contributed by atoms with Crippen LogP contribution >= 0.6 is 11.3 Å². The number of fused-ring (bicyclic) bond motifs is 1. The highest BCUT2D eigenvalue weighted by atomic mass is 32.1. The average Bonchev–Trinajstić information content (AvgIpc) is 2.89. The van der Waals surface area contributed by atoms with Crippen LogP contribution in [0, 0.1) is 11.8 Å². The Morgan fingerprint density at radius 1 is 1.32 bits per heavy atom. The van der Waals surface area contributed by atoms with Gasteiger partial charge in [0, 0.05) is 17.5 Å². The molecule has 4 nitrogen and oxygen atoms in total. The molecule has 1 aromatic heterocycles. The van der Waals surface area contributed by atoms with Crippen molar-refractivity contribution >= 4 is 23.2 Å². The van der Waals surface area contributed by atoms with E-state index in [-0.39, 0.29) is 11.9 Å². The fourth-order valence-electron chi connectivity index (χ4n) is 3.71. The molecule has 5 heteroatoms. The third kappa shape index (κ3) is 2.78. The van der Waals surface area contributed by atoms with Crippen molar-refractivity contribution in [3.63, 3.8) is 0 Å². The topological polar surface area (TPSA) is 57.6 Å². The van der Waals surface area contributed by atoms with Gasteiger partial charge in [-0.05, 0) is 56.6 Å². The summed E-state index contributed by atoms with van der Waals surface area (Å²) < 4.78 is 0. The van der Waals surface area contributed by atoms with E-state index in [1.165, 1.54) is 16.9 Å². The van der Waals surface area contributed by atoms with Crippen LogP contribution < -0.4 is 0 Å². The van der Waals surface area contributed by atoms with Gasteiger partial charge in [-0.2, -0.15) is 0 Å². The van der Waals surface area contributed by atoms with E-state index < -0.39 is 11.9 Å². The number of nitrogens with zero attached hydrogens (tertiary/aromatic N) is 1. The molecule has 2 heterocycles. The van der Waals surface area contributed by atoms with E-state index in [1.54, 1.807) is 16.2 Å². The number of carbonyl (C=O) groups excluding carboxylic acids is 1. The first kappa shape index (κ1) is 15.5. The molecule has 1 N–H and O–H groups in total. The van der Waals surface area contributed by atoms with Crippen LogP contribution in [0.1, 0.15) is 53.2 Å². The number of hydrogen-bond donors (Lipinski definition) is 1. The van der Waals surface area contributed by atoms with E-state index in [0.717, 1.165) is 24.1 Å². The number of carbonyl (C=O) groups is 2. The molecular weight excluding hydrogens is 298 g/mol. The van der Waals surface area contributed by atoms with E-state index in [0.29, 0.717) is 18.9 Å². The number of rotatable bonds is 2. The molecule has 1 aromatic rings. The predicted octanol–water partition coefficient (Wildman–Crippen LogP) is 3.20. The third-order valence-corrected chi connectivity index (χ3v) is 6.33. The Hall–Kier alpha value is -1.36. The van der Waals surface area contributed by atoms with Gasteiger partial charge in [0.25, 0.3) is 5.91 Å². The Bertz CT molecular complexity index is 595. The van der Waals surface area contributed by atoms with Crippen LogP contribution in [0.4, 0.5) is 0 Å². The van der Waals surface area contributed by atoms with Gasteiger partial charge in [-0.25, -0.2) is 0 Å². The lowest BCUT2D eigenvalue weighted by Crippen LogP contribution is -2.48. The Balaban J connectivity index is 1.80. The van der Waals surface area contributed by atoms with Crippen LogP contribution in [0.25, 0.3) is 0 Å². The Labute approximate surface area is 135 Å². The SMILES string of the molecule is CC1CCc2sc(C(=O)N3CCC[C@H](C(=O)O)[C@@H]3C)cc2C1. The zero-order chi connectivity index (χ0) is 15.9. The third-order valence-electron chi connectivity index (χ3n) is 5.11. The molecule has 1 saturated heterocycles. The van der Waals surface area contributed by atoms with Crippen LogP contribution in [0.2, 0.25) is 0 Å². The van der Waals surface area contributed by atoms with Gasteiger partial charge in [-0.3, -0.25) is 9.59 Å². The second-order valence-corrected chi connectivity index (χ2v) is 7.87. The van der Waals surface area contributed by atoms with Gasteiger partial charge in [-0.1, -0.05) is 6.92 Å². The number of carboxylic acid groups (broad SMARTS) is 1. The molecule has 0 aromatic carbocycles. The Morgan fingerprint density at radius 2 is 2.09 bits per heavy atom. The van der Waals surface area contributed by atoms with Crippen molar-refractivity contribution in [1.82, 2.24) is 4.90 Å². The molecular formula is C17H23NO3S. The van der Waals surface area contributed by atoms with Gasteiger partial charge < -0.3 is 10.0 Å². The molecule has 3 atom stereocenters. The fourth-order valence-corrected chi connectivity index (χ4v) is 4.88. The van der Waals surface area contributed by atoms with E-state index in [1.807, 2.05) is 6.92 Å². The number of aliphatic carboxylic acids is 1. The molecule has 3 rings (SSSR count). The molecule has 2 aliphatic rings. The van der Waals surface area contributed by atoms with Crippen molar-refractivity contribution in [2.45, 2.75) is 52.0 Å². The number of amides is 1. The highest BCUT2D eigenvalue weighted by molar-refractivity contribution is 7.14. The number of aryl methyl sites for hydroxylation is 1. The number of piperidine rings is 1. The van der Waals surface area contributed by atoms with Gasteiger partial charge in [0.1, 0.15) is 0 Å². The van der Waals surface area contributed by atoms with Crippen LogP contribution in [-0.4, -0.2) is 34.5 Å². The minimum Gasteiger partial charge on any atom is -0.481 e. The first-order valence-electron chi connectivity index (χ1n) is 8.12. The van der Waals surface area contributed by atoms with Crippen LogP contribution in [0.5, 0.6) is 0 Å². The molecule has 22 heavy (non-hydrogen) atoms. The van der Waals surface area contributed by atoms with Gasteiger partial charge in [0.2, 0.25) is 0 Å². The molecule has 1 amide bonds. The molecule has 1 fully saturated rings. The normalized spacial score (nSPS) is 28.3. The zero-order valence-corrected chi connectivity index (χ0v) is 14.0. The maximum absolute atomic E-state index is 12.8. The van der Waals surface area contributed by atoms with Gasteiger partial charge in [0.15, 0.2) is 0 Å². The van der Waals surface area contributed by atoms with Gasteiger partial charge in [-0.15, -0.1) is 11.3 Å². The quantitative estimate of drug-likeness (QED) is 0.910. The molecule has 1 aliphatic carbocycles. The number of carboxylic acids is 1. The Kier molecular flexibility index (Phi) is 4.26. The standard InChI is InChI=1S/C17H23NO3S/c1-10-5-6-14-12(8-10)9-15(22-14)16(19)18-7-3-4-13(11(18)2)17(20)21/h9-11,13H,3-8H2,1-2H3,(H,20,21)/t10?,11-,13-/m0/s1. The highest BCUT2D eigenvalue weighted by Crippen LogP contribution is 2.34. The van der Waals surface area contributed by atoms with Crippen molar-refractivity contribution in [2.24, 2.45) is 11.8 Å². The maximum Gasteiger partial charge on any atom is 0.308 e. The van der Waals surface area contributed by atoms with Crippen molar-refractivity contribution in [2.75, 3.05) is 6.54 Å². The largest absolute Gasteiger partial charge is 0.481 e.